The molecule has 0 saturated carbocycles. The minimum absolute atomic E-state index is 0.00846. The molecule has 10 heteroatoms. The first-order chi connectivity index (χ1) is 9.38. The van der Waals surface area contributed by atoms with Gasteiger partial charge in [0.25, 0.3) is 10.0 Å². The topological polar surface area (TPSA) is 125 Å². The number of carboxylic acids is 1. The van der Waals surface area contributed by atoms with Crippen LogP contribution in [0, 0.1) is 6.92 Å². The maximum absolute atomic E-state index is 12.1. The van der Waals surface area contributed by atoms with Gasteiger partial charge in [0.05, 0.1) is 17.5 Å². The van der Waals surface area contributed by atoms with Crippen molar-refractivity contribution in [2.24, 2.45) is 0 Å². The molecule has 0 aliphatic heterocycles. The maximum atomic E-state index is 12.1. The summed E-state index contributed by atoms with van der Waals surface area (Å²) in [6.07, 6.45) is 4.03. The Hall–Kier alpha value is -1.78. The van der Waals surface area contributed by atoms with Gasteiger partial charge in [0.1, 0.15) is 6.04 Å². The maximum Gasteiger partial charge on any atom is 0.322 e. The fourth-order valence-corrected chi connectivity index (χ4v) is 3.82. The SMILES string of the molecule is Cc1ncc(S(=O)(=O)N[C@H](Cc2cnc[nH]2)C(=O)O)s1. The third kappa shape index (κ3) is 3.40. The largest absolute Gasteiger partial charge is 0.480 e. The number of thiazole rings is 1. The summed E-state index contributed by atoms with van der Waals surface area (Å²) in [6, 6.07) is -1.28. The second-order valence-corrected chi connectivity index (χ2v) is 7.17. The van der Waals surface area contributed by atoms with Gasteiger partial charge in [-0.1, -0.05) is 0 Å². The first kappa shape index (κ1) is 14.6. The van der Waals surface area contributed by atoms with Crippen LogP contribution in [0.5, 0.6) is 0 Å². The van der Waals surface area contributed by atoms with E-state index in [1.54, 1.807) is 6.92 Å². The molecule has 2 aromatic heterocycles. The second kappa shape index (κ2) is 5.69. The Morgan fingerprint density at radius 1 is 1.55 bits per heavy atom. The van der Waals surface area contributed by atoms with Crippen LogP contribution >= 0.6 is 11.3 Å². The standard InChI is InChI=1S/C10H12N4O4S2/c1-6-12-4-9(19-6)20(17,18)14-8(10(15)16)2-7-3-11-5-13-7/h3-5,8,14H,2H2,1H3,(H,11,13)(H,15,16)/t8-/m1/s1. The van der Waals surface area contributed by atoms with Gasteiger partial charge in [-0.2, -0.15) is 4.72 Å². The molecule has 108 valence electrons. The molecule has 0 aliphatic carbocycles. The van der Waals surface area contributed by atoms with Crippen molar-refractivity contribution >= 4 is 27.3 Å². The molecule has 0 aliphatic rings. The number of aromatic amines is 1. The number of imidazole rings is 1. The molecule has 0 radical (unpaired) electrons. The minimum atomic E-state index is -3.90. The van der Waals surface area contributed by atoms with E-state index in [4.69, 9.17) is 5.11 Å². The number of aliphatic carboxylic acids is 1. The average Bonchev–Trinajstić information content (AvgIpc) is 2.99. The van der Waals surface area contributed by atoms with E-state index in [-0.39, 0.29) is 10.6 Å². The highest BCUT2D eigenvalue weighted by atomic mass is 32.2. The lowest BCUT2D eigenvalue weighted by molar-refractivity contribution is -0.138. The van der Waals surface area contributed by atoms with Crippen LogP contribution in [0.4, 0.5) is 0 Å². The van der Waals surface area contributed by atoms with Gasteiger partial charge < -0.3 is 10.1 Å². The molecule has 0 spiro atoms. The predicted octanol–water partition coefficient (Wildman–Crippen LogP) is 0.149. The number of aromatic nitrogens is 3. The summed E-state index contributed by atoms with van der Waals surface area (Å²) in [4.78, 5) is 21.5. The van der Waals surface area contributed by atoms with Gasteiger partial charge in [-0.25, -0.2) is 18.4 Å². The zero-order valence-electron chi connectivity index (χ0n) is 10.4. The molecule has 2 aromatic rings. The molecule has 0 aromatic carbocycles. The summed E-state index contributed by atoms with van der Waals surface area (Å²) in [6.45, 7) is 1.67. The van der Waals surface area contributed by atoms with Crippen LogP contribution in [0.2, 0.25) is 0 Å². The lowest BCUT2D eigenvalue weighted by atomic mass is 10.2. The molecule has 0 bridgehead atoms. The van der Waals surface area contributed by atoms with Crippen molar-refractivity contribution in [2.45, 2.75) is 23.6 Å². The summed E-state index contributed by atoms with van der Waals surface area (Å²) in [5, 5.41) is 9.70. The van der Waals surface area contributed by atoms with E-state index < -0.39 is 22.0 Å². The van der Waals surface area contributed by atoms with Gasteiger partial charge in [-0.05, 0) is 6.92 Å². The lowest BCUT2D eigenvalue weighted by Crippen LogP contribution is -2.42. The van der Waals surface area contributed by atoms with Crippen molar-refractivity contribution < 1.29 is 18.3 Å². The normalized spacial score (nSPS) is 13.2. The number of carbonyl (C=O) groups is 1. The van der Waals surface area contributed by atoms with E-state index in [1.165, 1.54) is 18.7 Å². The smallest absolute Gasteiger partial charge is 0.322 e. The number of carboxylic acid groups (broad SMARTS) is 1. The first-order valence-corrected chi connectivity index (χ1v) is 7.83. The molecule has 0 amide bonds. The molecular weight excluding hydrogens is 304 g/mol. The quantitative estimate of drug-likeness (QED) is 0.696. The summed E-state index contributed by atoms with van der Waals surface area (Å²) >= 11 is 0.982. The third-order valence-electron chi connectivity index (χ3n) is 2.44. The van der Waals surface area contributed by atoms with Crippen molar-refractivity contribution in [1.82, 2.24) is 19.7 Å². The Labute approximate surface area is 119 Å². The monoisotopic (exact) mass is 316 g/mol. The zero-order chi connectivity index (χ0) is 14.8. The molecule has 0 unspecified atom stereocenters. The molecular formula is C10H12N4O4S2. The molecule has 1 atom stereocenters. The fourth-order valence-electron chi connectivity index (χ4n) is 1.51. The van der Waals surface area contributed by atoms with E-state index in [9.17, 15) is 13.2 Å². The van der Waals surface area contributed by atoms with Gasteiger partial charge in [0, 0.05) is 18.3 Å². The van der Waals surface area contributed by atoms with Crippen molar-refractivity contribution in [1.29, 1.82) is 0 Å². The predicted molar refractivity (Wildman–Crippen MR) is 70.9 cm³/mol. The molecule has 2 heterocycles. The molecule has 20 heavy (non-hydrogen) atoms. The van der Waals surface area contributed by atoms with Gasteiger partial charge in [0.15, 0.2) is 4.21 Å². The highest BCUT2D eigenvalue weighted by Crippen LogP contribution is 2.18. The van der Waals surface area contributed by atoms with Crippen LogP contribution < -0.4 is 4.72 Å². The van der Waals surface area contributed by atoms with Crippen LogP contribution in [0.25, 0.3) is 0 Å². The van der Waals surface area contributed by atoms with Gasteiger partial charge in [-0.15, -0.1) is 11.3 Å². The van der Waals surface area contributed by atoms with E-state index in [0.717, 1.165) is 11.3 Å². The Morgan fingerprint density at radius 2 is 2.30 bits per heavy atom. The van der Waals surface area contributed by atoms with Crippen LogP contribution in [-0.2, 0) is 21.2 Å². The highest BCUT2D eigenvalue weighted by Gasteiger charge is 2.27. The molecule has 3 N–H and O–H groups in total. The number of hydrogen-bond acceptors (Lipinski definition) is 6. The summed E-state index contributed by atoms with van der Waals surface area (Å²) in [5.41, 5.74) is 0.528. The molecule has 0 saturated heterocycles. The Kier molecular flexibility index (Phi) is 4.16. The lowest BCUT2D eigenvalue weighted by Gasteiger charge is -2.12. The zero-order valence-corrected chi connectivity index (χ0v) is 12.0. The summed E-state index contributed by atoms with van der Waals surface area (Å²) in [7, 11) is -3.90. The van der Waals surface area contributed by atoms with Gasteiger partial charge in [0.2, 0.25) is 0 Å². The van der Waals surface area contributed by atoms with Crippen LogP contribution in [0.15, 0.2) is 22.9 Å². The molecule has 0 fully saturated rings. The van der Waals surface area contributed by atoms with E-state index >= 15 is 0 Å². The van der Waals surface area contributed by atoms with Crippen LogP contribution in [0.1, 0.15) is 10.7 Å². The van der Waals surface area contributed by atoms with Gasteiger partial charge in [-0.3, -0.25) is 4.79 Å². The number of sulfonamides is 1. The number of rotatable bonds is 6. The first-order valence-electron chi connectivity index (χ1n) is 5.53. The summed E-state index contributed by atoms with van der Waals surface area (Å²) in [5.74, 6) is -1.26. The van der Waals surface area contributed by atoms with Gasteiger partial charge >= 0.3 is 5.97 Å². The number of nitrogens with one attached hydrogen (secondary N) is 2. The number of hydrogen-bond donors (Lipinski definition) is 3. The van der Waals surface area contributed by atoms with E-state index in [2.05, 4.69) is 19.7 Å². The van der Waals surface area contributed by atoms with Crippen molar-refractivity contribution in [3.8, 4) is 0 Å². The molecule has 8 nitrogen and oxygen atoms in total. The van der Waals surface area contributed by atoms with E-state index in [0.29, 0.717) is 10.7 Å². The van der Waals surface area contributed by atoms with Crippen LogP contribution in [-0.4, -0.2) is 40.5 Å². The fraction of sp³-hybridized carbons (Fsp3) is 0.300. The van der Waals surface area contributed by atoms with Crippen molar-refractivity contribution in [3.05, 3.63) is 29.4 Å². The number of nitrogens with zero attached hydrogens (tertiary/aromatic N) is 2. The van der Waals surface area contributed by atoms with E-state index in [1.807, 2.05) is 0 Å². The minimum Gasteiger partial charge on any atom is -0.480 e. The van der Waals surface area contributed by atoms with Crippen molar-refractivity contribution in [2.75, 3.05) is 0 Å². The Balaban J connectivity index is 2.17. The highest BCUT2D eigenvalue weighted by molar-refractivity contribution is 7.91. The van der Waals surface area contributed by atoms with Crippen LogP contribution in [0.3, 0.4) is 0 Å². The Morgan fingerprint density at radius 3 is 2.80 bits per heavy atom. The number of H-pyrrole nitrogens is 1. The Bertz CT molecular complexity index is 693. The average molecular weight is 316 g/mol. The summed E-state index contributed by atoms with van der Waals surface area (Å²) < 4.78 is 26.3. The second-order valence-electron chi connectivity index (χ2n) is 3.99. The number of aryl methyl sites for hydroxylation is 1. The molecule has 2 rings (SSSR count). The van der Waals surface area contributed by atoms with Crippen molar-refractivity contribution in [3.63, 3.8) is 0 Å². The third-order valence-corrected chi connectivity index (χ3v) is 5.28.